The number of benzene rings is 1. The second kappa shape index (κ2) is 6.58. The van der Waals surface area contributed by atoms with Crippen LogP contribution in [0.1, 0.15) is 16.5 Å². The molecule has 1 aliphatic heterocycles. The van der Waals surface area contributed by atoms with Gasteiger partial charge in [-0.15, -0.1) is 11.8 Å². The van der Waals surface area contributed by atoms with Gasteiger partial charge in [0.2, 0.25) is 5.91 Å². The zero-order valence-electron chi connectivity index (χ0n) is 12.9. The average Bonchev–Trinajstić information content (AvgIpc) is 3.12. The number of methoxy groups -OCH3 is 1. The molecule has 1 amide bonds. The lowest BCUT2D eigenvalue weighted by Gasteiger charge is -2.22. The van der Waals surface area contributed by atoms with Crippen LogP contribution in [0.4, 0.5) is 0 Å². The predicted molar refractivity (Wildman–Crippen MR) is 89.3 cm³/mol. The zero-order valence-corrected chi connectivity index (χ0v) is 13.7. The van der Waals surface area contributed by atoms with Gasteiger partial charge in [-0.1, -0.05) is 12.1 Å². The molecule has 1 aromatic carbocycles. The number of amides is 1. The topological polar surface area (TPSA) is 34.5 Å². The van der Waals surface area contributed by atoms with E-state index in [0.29, 0.717) is 18.9 Å². The van der Waals surface area contributed by atoms with Crippen LogP contribution in [0.3, 0.4) is 0 Å². The fraction of sp³-hybridized carbons (Fsp3) is 0.353. The standard InChI is InChI=1S/C17H20N2O2S/c1-13-4-3-5-15(10-13)18-7-6-14(11-18)17-19(8-9-21-2)16(20)12-22-17/h3-7,10-11,17H,8-9,12H2,1-2H3/t17-/m1/s1. The van der Waals surface area contributed by atoms with E-state index in [0.717, 1.165) is 11.3 Å². The third-order valence-electron chi connectivity index (χ3n) is 3.81. The molecule has 0 saturated carbocycles. The number of aromatic nitrogens is 1. The maximum absolute atomic E-state index is 12.0. The molecule has 1 aromatic heterocycles. The third-order valence-corrected chi connectivity index (χ3v) is 5.06. The van der Waals surface area contributed by atoms with Gasteiger partial charge in [0.25, 0.3) is 0 Å². The number of nitrogens with zero attached hydrogens (tertiary/aromatic N) is 2. The molecule has 2 aromatic rings. The van der Waals surface area contributed by atoms with Crippen LogP contribution in [0, 0.1) is 6.92 Å². The molecule has 0 radical (unpaired) electrons. The van der Waals surface area contributed by atoms with E-state index in [1.165, 1.54) is 5.56 Å². The van der Waals surface area contributed by atoms with Gasteiger partial charge in [-0.2, -0.15) is 0 Å². The summed E-state index contributed by atoms with van der Waals surface area (Å²) in [5.74, 6) is 0.736. The fourth-order valence-electron chi connectivity index (χ4n) is 2.67. The van der Waals surface area contributed by atoms with Crippen LogP contribution < -0.4 is 0 Å². The van der Waals surface area contributed by atoms with Crippen molar-refractivity contribution in [1.29, 1.82) is 0 Å². The number of rotatable bonds is 5. The molecule has 4 nitrogen and oxygen atoms in total. The van der Waals surface area contributed by atoms with Crippen molar-refractivity contribution in [1.82, 2.24) is 9.47 Å². The number of hydrogen-bond acceptors (Lipinski definition) is 3. The molecule has 1 aliphatic rings. The van der Waals surface area contributed by atoms with E-state index in [1.54, 1.807) is 18.9 Å². The molecule has 5 heteroatoms. The largest absolute Gasteiger partial charge is 0.383 e. The molecule has 116 valence electrons. The Hall–Kier alpha value is -1.72. The highest BCUT2D eigenvalue weighted by molar-refractivity contribution is 8.00. The Morgan fingerprint density at radius 1 is 1.36 bits per heavy atom. The van der Waals surface area contributed by atoms with Crippen molar-refractivity contribution >= 4 is 17.7 Å². The molecule has 3 rings (SSSR count). The first-order chi connectivity index (χ1) is 10.7. The fourth-order valence-corrected chi connectivity index (χ4v) is 3.87. The highest BCUT2D eigenvalue weighted by Crippen LogP contribution is 2.38. The minimum Gasteiger partial charge on any atom is -0.383 e. The van der Waals surface area contributed by atoms with E-state index in [4.69, 9.17) is 4.74 Å². The molecule has 0 N–H and O–H groups in total. The summed E-state index contributed by atoms with van der Waals surface area (Å²) in [5, 5.41) is 0.0914. The quantitative estimate of drug-likeness (QED) is 0.850. The van der Waals surface area contributed by atoms with Gasteiger partial charge in [-0.05, 0) is 30.7 Å². The van der Waals surface area contributed by atoms with Crippen LogP contribution >= 0.6 is 11.8 Å². The van der Waals surface area contributed by atoms with Crippen molar-refractivity contribution in [2.45, 2.75) is 12.3 Å². The number of aryl methyl sites for hydroxylation is 1. The van der Waals surface area contributed by atoms with Gasteiger partial charge in [0.1, 0.15) is 5.37 Å². The van der Waals surface area contributed by atoms with Crippen molar-refractivity contribution < 1.29 is 9.53 Å². The summed E-state index contributed by atoms with van der Waals surface area (Å²) >= 11 is 1.68. The maximum Gasteiger partial charge on any atom is 0.233 e. The van der Waals surface area contributed by atoms with Crippen LogP contribution in [-0.2, 0) is 9.53 Å². The van der Waals surface area contributed by atoms with Gasteiger partial charge < -0.3 is 14.2 Å². The van der Waals surface area contributed by atoms with Crippen LogP contribution in [0.15, 0.2) is 42.7 Å². The van der Waals surface area contributed by atoms with E-state index in [9.17, 15) is 4.79 Å². The molecule has 0 bridgehead atoms. The van der Waals surface area contributed by atoms with Crippen molar-refractivity contribution in [3.05, 3.63) is 53.9 Å². The van der Waals surface area contributed by atoms with E-state index >= 15 is 0 Å². The van der Waals surface area contributed by atoms with Crippen LogP contribution in [-0.4, -0.2) is 41.4 Å². The molecule has 0 spiro atoms. The van der Waals surface area contributed by atoms with E-state index < -0.39 is 0 Å². The first-order valence-corrected chi connectivity index (χ1v) is 8.39. The van der Waals surface area contributed by atoms with Crippen molar-refractivity contribution in [2.24, 2.45) is 0 Å². The van der Waals surface area contributed by atoms with Gasteiger partial charge >= 0.3 is 0 Å². The molecule has 2 heterocycles. The Morgan fingerprint density at radius 3 is 3.00 bits per heavy atom. The Labute approximate surface area is 135 Å². The van der Waals surface area contributed by atoms with Gasteiger partial charge in [0.15, 0.2) is 0 Å². The number of ether oxygens (including phenoxy) is 1. The Morgan fingerprint density at radius 2 is 2.23 bits per heavy atom. The van der Waals surface area contributed by atoms with Gasteiger partial charge in [0, 0.05) is 37.3 Å². The predicted octanol–water partition coefficient (Wildman–Crippen LogP) is 3.01. The molecule has 0 unspecified atom stereocenters. The smallest absolute Gasteiger partial charge is 0.233 e. The average molecular weight is 316 g/mol. The number of hydrogen-bond donors (Lipinski definition) is 0. The lowest BCUT2D eigenvalue weighted by molar-refractivity contribution is -0.128. The van der Waals surface area contributed by atoms with Gasteiger partial charge in [-0.3, -0.25) is 4.79 Å². The summed E-state index contributed by atoms with van der Waals surface area (Å²) in [6, 6.07) is 10.5. The third kappa shape index (κ3) is 3.05. The van der Waals surface area contributed by atoms with Crippen LogP contribution in [0.5, 0.6) is 0 Å². The minimum atomic E-state index is 0.0914. The van der Waals surface area contributed by atoms with Gasteiger partial charge in [0.05, 0.1) is 12.4 Å². The first kappa shape index (κ1) is 15.2. The van der Waals surface area contributed by atoms with E-state index in [-0.39, 0.29) is 11.3 Å². The SMILES string of the molecule is COCCN1C(=O)CS[C@@H]1c1ccn(-c2cccc(C)c2)c1. The summed E-state index contributed by atoms with van der Waals surface area (Å²) in [5.41, 5.74) is 3.54. The lowest BCUT2D eigenvalue weighted by Crippen LogP contribution is -2.31. The minimum absolute atomic E-state index is 0.0914. The van der Waals surface area contributed by atoms with Gasteiger partial charge in [-0.25, -0.2) is 0 Å². The number of thioether (sulfide) groups is 1. The summed E-state index contributed by atoms with van der Waals surface area (Å²) in [6.07, 6.45) is 4.17. The second-order valence-corrected chi connectivity index (χ2v) is 6.50. The van der Waals surface area contributed by atoms with Crippen LogP contribution in [0.2, 0.25) is 0 Å². The van der Waals surface area contributed by atoms with E-state index in [1.807, 2.05) is 4.90 Å². The Kier molecular flexibility index (Phi) is 4.55. The summed E-state index contributed by atoms with van der Waals surface area (Å²) in [4.78, 5) is 13.9. The van der Waals surface area contributed by atoms with Crippen molar-refractivity contribution in [2.75, 3.05) is 26.0 Å². The molecule has 1 fully saturated rings. The first-order valence-electron chi connectivity index (χ1n) is 7.34. The molecule has 0 aliphatic carbocycles. The molecule has 22 heavy (non-hydrogen) atoms. The summed E-state index contributed by atoms with van der Waals surface area (Å²) < 4.78 is 7.23. The monoisotopic (exact) mass is 316 g/mol. The molecular weight excluding hydrogens is 296 g/mol. The highest BCUT2D eigenvalue weighted by atomic mass is 32.2. The molecular formula is C17H20N2O2S. The Bertz CT molecular complexity index is 668. The zero-order chi connectivity index (χ0) is 15.5. The lowest BCUT2D eigenvalue weighted by atomic mass is 10.2. The number of carbonyl (C=O) groups is 1. The molecule has 1 atom stereocenters. The highest BCUT2D eigenvalue weighted by Gasteiger charge is 2.32. The summed E-state index contributed by atoms with van der Waals surface area (Å²) in [7, 11) is 1.66. The van der Waals surface area contributed by atoms with Crippen LogP contribution in [0.25, 0.3) is 5.69 Å². The number of carbonyl (C=O) groups excluding carboxylic acids is 1. The normalized spacial score (nSPS) is 18.2. The van der Waals surface area contributed by atoms with E-state index in [2.05, 4.69) is 54.2 Å². The summed E-state index contributed by atoms with van der Waals surface area (Å²) in [6.45, 7) is 3.30. The molecule has 1 saturated heterocycles. The Balaban J connectivity index is 1.82. The maximum atomic E-state index is 12.0. The second-order valence-electron chi connectivity index (χ2n) is 5.43. The van der Waals surface area contributed by atoms with Crippen molar-refractivity contribution in [3.8, 4) is 5.69 Å². The van der Waals surface area contributed by atoms with Crippen molar-refractivity contribution in [3.63, 3.8) is 0 Å².